The number of aliphatic imine (C=N–C) groups is 1. The Hall–Kier alpha value is -3.09. The fourth-order valence-electron chi connectivity index (χ4n) is 2.75. The van der Waals surface area contributed by atoms with Crippen molar-refractivity contribution in [1.82, 2.24) is 20.5 Å². The molecule has 1 aliphatic heterocycles. The Labute approximate surface area is 209 Å². The van der Waals surface area contributed by atoms with E-state index < -0.39 is 42.8 Å². The van der Waals surface area contributed by atoms with Crippen molar-refractivity contribution < 1.29 is 23.6 Å². The van der Waals surface area contributed by atoms with Crippen molar-refractivity contribution in [2.75, 3.05) is 32.9 Å². The lowest BCUT2D eigenvalue weighted by Gasteiger charge is -2.23. The third-order valence-electron chi connectivity index (χ3n) is 4.25. The molecule has 13 heteroatoms. The molecule has 1 aromatic rings. The highest BCUT2D eigenvalue weighted by Crippen LogP contribution is 2.17. The summed E-state index contributed by atoms with van der Waals surface area (Å²) in [6, 6.07) is -0.710. The second-order valence-electron chi connectivity index (χ2n) is 7.58. The lowest BCUT2D eigenvalue weighted by molar-refractivity contribution is -0.138. The molecule has 0 radical (unpaired) electrons. The predicted octanol–water partition coefficient (Wildman–Crippen LogP) is 0.913. The van der Waals surface area contributed by atoms with E-state index in [0.717, 1.165) is 18.0 Å². The molecule has 0 aromatic carbocycles. The second-order valence-corrected chi connectivity index (χ2v) is 8.65. The van der Waals surface area contributed by atoms with Gasteiger partial charge in [0.05, 0.1) is 18.1 Å². The van der Waals surface area contributed by atoms with E-state index >= 15 is 0 Å². The van der Waals surface area contributed by atoms with Crippen LogP contribution in [0, 0.1) is 6.92 Å². The summed E-state index contributed by atoms with van der Waals surface area (Å²) in [4.78, 5) is 56.3. The monoisotopic (exact) mass is 515 g/mol. The number of amides is 3. The number of aryl methyl sites for hydroxylation is 1. The van der Waals surface area contributed by atoms with Gasteiger partial charge < -0.3 is 27.0 Å². The molecular formula is C22H38FN7O4S. The molecule has 6 N–H and O–H groups in total. The van der Waals surface area contributed by atoms with E-state index in [0.29, 0.717) is 19.4 Å². The maximum absolute atomic E-state index is 12.3. The molecule has 3 amide bonds. The van der Waals surface area contributed by atoms with Crippen LogP contribution in [0.25, 0.3) is 0 Å². The molecule has 0 bridgehead atoms. The van der Waals surface area contributed by atoms with Gasteiger partial charge in [-0.2, -0.15) is 0 Å². The highest BCUT2D eigenvalue weighted by atomic mass is 32.1. The SMILES string of the molecule is CCC.CCCN=C(N)N.Cc1nc(C(=O)NCC(=O)N2CCCC2C(=O)NCC(=O)CF)cs1. The quantitative estimate of drug-likeness (QED) is 0.279. The van der Waals surface area contributed by atoms with Crippen LogP contribution in [-0.4, -0.2) is 78.2 Å². The highest BCUT2D eigenvalue weighted by molar-refractivity contribution is 7.09. The van der Waals surface area contributed by atoms with Gasteiger partial charge >= 0.3 is 0 Å². The number of carbonyl (C=O) groups is 4. The summed E-state index contributed by atoms with van der Waals surface area (Å²) >= 11 is 1.33. The largest absolute Gasteiger partial charge is 0.370 e. The molecule has 198 valence electrons. The summed E-state index contributed by atoms with van der Waals surface area (Å²) < 4.78 is 12.1. The summed E-state index contributed by atoms with van der Waals surface area (Å²) in [7, 11) is 0. The van der Waals surface area contributed by atoms with Gasteiger partial charge in [-0.3, -0.25) is 24.2 Å². The fourth-order valence-corrected chi connectivity index (χ4v) is 3.34. The van der Waals surface area contributed by atoms with Gasteiger partial charge in [-0.15, -0.1) is 11.3 Å². The lowest BCUT2D eigenvalue weighted by atomic mass is 10.2. The first-order valence-electron chi connectivity index (χ1n) is 11.5. The van der Waals surface area contributed by atoms with Gasteiger partial charge in [-0.1, -0.05) is 27.2 Å². The van der Waals surface area contributed by atoms with Gasteiger partial charge in [0, 0.05) is 18.5 Å². The van der Waals surface area contributed by atoms with Crippen LogP contribution >= 0.6 is 11.3 Å². The number of nitrogens with zero attached hydrogens (tertiary/aromatic N) is 3. The number of nitrogens with two attached hydrogens (primary N) is 2. The highest BCUT2D eigenvalue weighted by Gasteiger charge is 2.34. The van der Waals surface area contributed by atoms with Crippen LogP contribution in [0.3, 0.4) is 0 Å². The van der Waals surface area contributed by atoms with Gasteiger partial charge in [0.25, 0.3) is 5.91 Å². The zero-order chi connectivity index (χ0) is 26.8. The number of guanidine groups is 1. The molecule has 0 spiro atoms. The molecule has 11 nitrogen and oxygen atoms in total. The summed E-state index contributed by atoms with van der Waals surface area (Å²) in [5.41, 5.74) is 10.3. The number of carbonyl (C=O) groups excluding carboxylic acids is 4. The summed E-state index contributed by atoms with van der Waals surface area (Å²) in [6.07, 6.45) is 3.35. The van der Waals surface area contributed by atoms with Crippen molar-refractivity contribution in [2.24, 2.45) is 16.5 Å². The molecule has 2 rings (SSSR count). The molecule has 1 aliphatic rings. The van der Waals surface area contributed by atoms with E-state index in [9.17, 15) is 23.6 Å². The molecule has 35 heavy (non-hydrogen) atoms. The molecule has 1 unspecified atom stereocenters. The Balaban J connectivity index is 0.000000978. The van der Waals surface area contributed by atoms with Crippen molar-refractivity contribution in [1.29, 1.82) is 0 Å². The first-order valence-corrected chi connectivity index (χ1v) is 12.4. The predicted molar refractivity (Wildman–Crippen MR) is 135 cm³/mol. The smallest absolute Gasteiger partial charge is 0.271 e. The number of nitrogens with one attached hydrogen (secondary N) is 2. The number of Topliss-reactive ketones (excluding diaryl/α,β-unsaturated/α-hetero) is 1. The van der Waals surface area contributed by atoms with Crippen molar-refractivity contribution >= 4 is 40.8 Å². The second kappa shape index (κ2) is 18.3. The zero-order valence-corrected chi connectivity index (χ0v) is 21.8. The molecule has 0 aliphatic carbocycles. The summed E-state index contributed by atoms with van der Waals surface area (Å²) in [5, 5.41) is 7.17. The maximum Gasteiger partial charge on any atom is 0.271 e. The van der Waals surface area contributed by atoms with Gasteiger partial charge in [-0.25, -0.2) is 9.37 Å². The van der Waals surface area contributed by atoms with Crippen molar-refractivity contribution in [2.45, 2.75) is 59.4 Å². The molecule has 1 saturated heterocycles. The Morgan fingerprint density at radius 2 is 1.86 bits per heavy atom. The van der Waals surface area contributed by atoms with Gasteiger partial charge in [-0.05, 0) is 26.2 Å². The van der Waals surface area contributed by atoms with Gasteiger partial charge in [0.1, 0.15) is 18.4 Å². The van der Waals surface area contributed by atoms with Crippen molar-refractivity contribution in [3.63, 3.8) is 0 Å². The molecular weight excluding hydrogens is 477 g/mol. The number of thiazole rings is 1. The maximum atomic E-state index is 12.3. The normalized spacial score (nSPS) is 14.0. The lowest BCUT2D eigenvalue weighted by Crippen LogP contribution is -2.49. The van der Waals surface area contributed by atoms with Crippen LogP contribution in [0.4, 0.5) is 4.39 Å². The Morgan fingerprint density at radius 3 is 2.34 bits per heavy atom. The fraction of sp³-hybridized carbons (Fsp3) is 0.636. The Morgan fingerprint density at radius 1 is 1.20 bits per heavy atom. The molecule has 1 fully saturated rings. The molecule has 0 saturated carbocycles. The average molecular weight is 516 g/mol. The van der Waals surface area contributed by atoms with E-state index in [1.165, 1.54) is 22.7 Å². The number of halogens is 1. The summed E-state index contributed by atoms with van der Waals surface area (Å²) in [5.74, 6) is -1.88. The number of aromatic nitrogens is 1. The minimum atomic E-state index is -1.14. The van der Waals surface area contributed by atoms with Crippen LogP contribution in [0.1, 0.15) is 62.0 Å². The van der Waals surface area contributed by atoms with E-state index in [1.807, 2.05) is 6.92 Å². The van der Waals surface area contributed by atoms with Gasteiger partial charge in [0.2, 0.25) is 11.8 Å². The summed E-state index contributed by atoms with van der Waals surface area (Å²) in [6.45, 7) is 7.38. The minimum absolute atomic E-state index is 0.182. The van der Waals surface area contributed by atoms with E-state index in [4.69, 9.17) is 11.5 Å². The van der Waals surface area contributed by atoms with Crippen LogP contribution in [0.2, 0.25) is 0 Å². The number of rotatable bonds is 9. The van der Waals surface area contributed by atoms with Crippen LogP contribution < -0.4 is 22.1 Å². The number of ketones is 1. The van der Waals surface area contributed by atoms with Crippen molar-refractivity contribution in [3.05, 3.63) is 16.1 Å². The van der Waals surface area contributed by atoms with Crippen LogP contribution in [-0.2, 0) is 14.4 Å². The standard InChI is InChI=1S/C15H19FN4O4S.C4H11N3.C3H8/c1-9-19-11(8-25-9)14(23)18-7-13(22)20-4-2-3-12(20)15(24)17-6-10(21)5-16;1-2-3-7-4(5)6;1-3-2/h8,12H,2-7H2,1H3,(H,17,24)(H,18,23);2-3H2,1H3,(H4,5,6,7);3H2,1-2H3. The topological polar surface area (TPSA) is 173 Å². The zero-order valence-electron chi connectivity index (χ0n) is 20.9. The molecule has 2 heterocycles. The van der Waals surface area contributed by atoms with E-state index in [-0.39, 0.29) is 18.2 Å². The first-order chi connectivity index (χ1) is 16.6. The Kier molecular flexibility index (Phi) is 16.7. The van der Waals surface area contributed by atoms with E-state index in [2.05, 4.69) is 34.5 Å². The van der Waals surface area contributed by atoms with Crippen LogP contribution in [0.5, 0.6) is 0 Å². The third kappa shape index (κ3) is 13.4. The number of alkyl halides is 1. The molecule has 1 aromatic heterocycles. The third-order valence-corrected chi connectivity index (χ3v) is 5.03. The van der Waals surface area contributed by atoms with E-state index in [1.54, 1.807) is 12.3 Å². The number of likely N-dealkylation sites (tertiary alicyclic amines) is 1. The van der Waals surface area contributed by atoms with Crippen molar-refractivity contribution in [3.8, 4) is 0 Å². The first kappa shape index (κ1) is 31.9. The Bertz CT molecular complexity index is 844. The average Bonchev–Trinajstić information content (AvgIpc) is 3.49. The van der Waals surface area contributed by atoms with Gasteiger partial charge in [0.15, 0.2) is 11.7 Å². The number of hydrogen-bond donors (Lipinski definition) is 4. The minimum Gasteiger partial charge on any atom is -0.370 e. The molecule has 1 atom stereocenters. The van der Waals surface area contributed by atoms with Crippen LogP contribution in [0.15, 0.2) is 10.4 Å². The number of hydrogen-bond acceptors (Lipinski definition) is 7.